The molecule has 122 valence electrons. The minimum atomic E-state index is -0.323. The SMILES string of the molecule is CC(=O)N[C@H](CC(=O)Nc1cnc2ccccc2c1)c1cccs1. The van der Waals surface area contributed by atoms with E-state index < -0.39 is 0 Å². The maximum Gasteiger partial charge on any atom is 0.226 e. The largest absolute Gasteiger partial charge is 0.348 e. The van der Waals surface area contributed by atoms with Gasteiger partial charge in [0.05, 0.1) is 29.9 Å². The Balaban J connectivity index is 1.71. The number of benzene rings is 1. The second-order valence-electron chi connectivity index (χ2n) is 5.44. The second kappa shape index (κ2) is 7.23. The number of pyridine rings is 1. The van der Waals surface area contributed by atoms with Crippen LogP contribution >= 0.6 is 11.3 Å². The molecule has 2 amide bonds. The average Bonchev–Trinajstić information content (AvgIpc) is 3.08. The van der Waals surface area contributed by atoms with Crippen LogP contribution in [0.15, 0.2) is 54.0 Å². The van der Waals surface area contributed by atoms with Crippen molar-refractivity contribution in [3.63, 3.8) is 0 Å². The molecule has 0 aliphatic heterocycles. The van der Waals surface area contributed by atoms with Crippen LogP contribution in [0, 0.1) is 0 Å². The fraction of sp³-hybridized carbons (Fsp3) is 0.167. The first-order valence-corrected chi connectivity index (χ1v) is 8.45. The van der Waals surface area contributed by atoms with Crippen molar-refractivity contribution in [2.24, 2.45) is 0 Å². The maximum absolute atomic E-state index is 12.4. The monoisotopic (exact) mass is 339 g/mol. The van der Waals surface area contributed by atoms with Gasteiger partial charge in [0.25, 0.3) is 0 Å². The molecule has 0 bridgehead atoms. The molecule has 0 aliphatic carbocycles. The predicted molar refractivity (Wildman–Crippen MR) is 95.9 cm³/mol. The number of anilines is 1. The molecule has 0 aliphatic rings. The van der Waals surface area contributed by atoms with Crippen LogP contribution in [0.3, 0.4) is 0 Å². The first kappa shape index (κ1) is 16.1. The number of thiophene rings is 1. The van der Waals surface area contributed by atoms with Gasteiger partial charge in [-0.2, -0.15) is 0 Å². The number of rotatable bonds is 5. The van der Waals surface area contributed by atoms with Crippen molar-refractivity contribution in [3.8, 4) is 0 Å². The van der Waals surface area contributed by atoms with Gasteiger partial charge >= 0.3 is 0 Å². The number of para-hydroxylation sites is 1. The topological polar surface area (TPSA) is 71.1 Å². The summed E-state index contributed by atoms with van der Waals surface area (Å²) >= 11 is 1.52. The zero-order valence-corrected chi connectivity index (χ0v) is 14.0. The summed E-state index contributed by atoms with van der Waals surface area (Å²) in [6, 6.07) is 13.1. The second-order valence-corrected chi connectivity index (χ2v) is 6.42. The van der Waals surface area contributed by atoms with Crippen LogP contribution in [0.1, 0.15) is 24.3 Å². The molecule has 0 fully saturated rings. The Bertz CT molecular complexity index is 862. The lowest BCUT2D eigenvalue weighted by Gasteiger charge is -2.16. The molecular formula is C18H17N3O2S. The highest BCUT2D eigenvalue weighted by Crippen LogP contribution is 2.23. The molecule has 2 N–H and O–H groups in total. The normalized spacial score (nSPS) is 11.9. The lowest BCUT2D eigenvalue weighted by atomic mass is 10.1. The van der Waals surface area contributed by atoms with E-state index in [4.69, 9.17) is 0 Å². The highest BCUT2D eigenvalue weighted by atomic mass is 32.1. The van der Waals surface area contributed by atoms with Gasteiger partial charge in [0.1, 0.15) is 0 Å². The summed E-state index contributed by atoms with van der Waals surface area (Å²) in [7, 11) is 0. The molecule has 0 saturated heterocycles. The Morgan fingerprint density at radius 2 is 2.04 bits per heavy atom. The predicted octanol–water partition coefficient (Wildman–Crippen LogP) is 3.50. The molecule has 6 heteroatoms. The Kier molecular flexibility index (Phi) is 4.86. The minimum absolute atomic E-state index is 0.159. The lowest BCUT2D eigenvalue weighted by Crippen LogP contribution is -2.29. The Morgan fingerprint density at radius 3 is 2.79 bits per heavy atom. The molecule has 1 aromatic carbocycles. The van der Waals surface area contributed by atoms with E-state index in [-0.39, 0.29) is 24.3 Å². The van der Waals surface area contributed by atoms with Crippen LogP contribution in [-0.4, -0.2) is 16.8 Å². The van der Waals surface area contributed by atoms with Crippen molar-refractivity contribution in [2.45, 2.75) is 19.4 Å². The Morgan fingerprint density at radius 1 is 1.21 bits per heavy atom. The number of amides is 2. The Hall–Kier alpha value is -2.73. The van der Waals surface area contributed by atoms with Crippen LogP contribution in [0.2, 0.25) is 0 Å². The zero-order chi connectivity index (χ0) is 16.9. The maximum atomic E-state index is 12.4. The standard InChI is InChI=1S/C18H17N3O2S/c1-12(22)20-16(17-7-4-8-24-17)10-18(23)21-14-9-13-5-2-3-6-15(13)19-11-14/h2-9,11,16H,10H2,1H3,(H,20,22)(H,21,23)/t16-/m1/s1. The summed E-state index contributed by atoms with van der Waals surface area (Å²) in [6.45, 7) is 1.45. The quantitative estimate of drug-likeness (QED) is 0.747. The summed E-state index contributed by atoms with van der Waals surface area (Å²) in [5, 5.41) is 8.57. The first-order chi connectivity index (χ1) is 11.6. The van der Waals surface area contributed by atoms with Gasteiger partial charge in [-0.1, -0.05) is 24.3 Å². The average molecular weight is 339 g/mol. The van der Waals surface area contributed by atoms with Crippen molar-refractivity contribution in [1.29, 1.82) is 0 Å². The fourth-order valence-electron chi connectivity index (χ4n) is 2.49. The molecule has 0 saturated carbocycles. The molecule has 5 nitrogen and oxygen atoms in total. The van der Waals surface area contributed by atoms with Crippen LogP contribution in [0.25, 0.3) is 10.9 Å². The molecule has 24 heavy (non-hydrogen) atoms. The summed E-state index contributed by atoms with van der Waals surface area (Å²) in [6.07, 6.45) is 1.81. The van der Waals surface area contributed by atoms with E-state index in [9.17, 15) is 9.59 Å². The Labute approximate surface area is 143 Å². The third-order valence-corrected chi connectivity index (χ3v) is 4.51. The van der Waals surface area contributed by atoms with Gasteiger partial charge in [-0.25, -0.2) is 0 Å². The highest BCUT2D eigenvalue weighted by Gasteiger charge is 2.18. The van der Waals surface area contributed by atoms with Crippen molar-refractivity contribution in [3.05, 3.63) is 58.9 Å². The van der Waals surface area contributed by atoms with Crippen LogP contribution < -0.4 is 10.6 Å². The fourth-order valence-corrected chi connectivity index (χ4v) is 3.27. The molecule has 0 spiro atoms. The van der Waals surface area contributed by atoms with Gasteiger partial charge in [-0.3, -0.25) is 14.6 Å². The van der Waals surface area contributed by atoms with Gasteiger partial charge in [0.2, 0.25) is 11.8 Å². The highest BCUT2D eigenvalue weighted by molar-refractivity contribution is 7.10. The van der Waals surface area contributed by atoms with Crippen molar-refractivity contribution in [2.75, 3.05) is 5.32 Å². The zero-order valence-electron chi connectivity index (χ0n) is 13.2. The number of nitrogens with zero attached hydrogens (tertiary/aromatic N) is 1. The molecule has 3 aromatic rings. The molecule has 2 aromatic heterocycles. The summed E-state index contributed by atoms with van der Waals surface area (Å²) in [5.74, 6) is -0.326. The van der Waals surface area contributed by atoms with Crippen LogP contribution in [0.5, 0.6) is 0 Å². The van der Waals surface area contributed by atoms with Gasteiger partial charge in [0, 0.05) is 17.2 Å². The summed E-state index contributed by atoms with van der Waals surface area (Å²) < 4.78 is 0. The van der Waals surface area contributed by atoms with E-state index >= 15 is 0 Å². The molecule has 0 unspecified atom stereocenters. The molecular weight excluding hydrogens is 322 g/mol. The number of fused-ring (bicyclic) bond motifs is 1. The third-order valence-electron chi connectivity index (χ3n) is 3.53. The van der Waals surface area contributed by atoms with E-state index in [1.165, 1.54) is 18.3 Å². The van der Waals surface area contributed by atoms with E-state index in [0.29, 0.717) is 5.69 Å². The number of nitrogens with one attached hydrogen (secondary N) is 2. The molecule has 3 rings (SSSR count). The van der Waals surface area contributed by atoms with Gasteiger partial charge in [-0.05, 0) is 23.6 Å². The van der Waals surface area contributed by atoms with E-state index in [1.54, 1.807) is 6.20 Å². The van der Waals surface area contributed by atoms with Crippen molar-refractivity contribution in [1.82, 2.24) is 10.3 Å². The third kappa shape index (κ3) is 3.97. The van der Waals surface area contributed by atoms with Gasteiger partial charge < -0.3 is 10.6 Å². The number of aromatic nitrogens is 1. The minimum Gasteiger partial charge on any atom is -0.348 e. The number of carbonyl (C=O) groups is 2. The smallest absolute Gasteiger partial charge is 0.226 e. The number of carbonyl (C=O) groups excluding carboxylic acids is 2. The van der Waals surface area contributed by atoms with Crippen molar-refractivity contribution < 1.29 is 9.59 Å². The van der Waals surface area contributed by atoms with Gasteiger partial charge in [-0.15, -0.1) is 11.3 Å². The molecule has 0 radical (unpaired) electrons. The first-order valence-electron chi connectivity index (χ1n) is 7.57. The lowest BCUT2D eigenvalue weighted by molar-refractivity contribution is -0.120. The van der Waals surface area contributed by atoms with E-state index in [2.05, 4.69) is 15.6 Å². The summed E-state index contributed by atoms with van der Waals surface area (Å²) in [5.41, 5.74) is 1.52. The van der Waals surface area contributed by atoms with E-state index in [0.717, 1.165) is 15.8 Å². The van der Waals surface area contributed by atoms with Gasteiger partial charge in [0.15, 0.2) is 0 Å². The van der Waals surface area contributed by atoms with Crippen LogP contribution in [-0.2, 0) is 9.59 Å². The van der Waals surface area contributed by atoms with E-state index in [1.807, 2.05) is 47.8 Å². The number of hydrogen-bond donors (Lipinski definition) is 2. The number of hydrogen-bond acceptors (Lipinski definition) is 4. The van der Waals surface area contributed by atoms with Crippen molar-refractivity contribution >= 4 is 39.7 Å². The molecule has 1 atom stereocenters. The summed E-state index contributed by atoms with van der Waals surface area (Å²) in [4.78, 5) is 29.0. The van der Waals surface area contributed by atoms with Crippen LogP contribution in [0.4, 0.5) is 5.69 Å². The molecule has 2 heterocycles.